The van der Waals surface area contributed by atoms with E-state index in [2.05, 4.69) is 0 Å². The summed E-state index contributed by atoms with van der Waals surface area (Å²) in [4.78, 5) is 10.9. The van der Waals surface area contributed by atoms with Crippen molar-refractivity contribution >= 4 is 17.3 Å². The maximum Gasteiger partial charge on any atom is 0.308 e. The summed E-state index contributed by atoms with van der Waals surface area (Å²) in [6.45, 7) is 1.31. The highest BCUT2D eigenvalue weighted by molar-refractivity contribution is 5.77. The van der Waals surface area contributed by atoms with Crippen molar-refractivity contribution in [2.24, 2.45) is 0 Å². The van der Waals surface area contributed by atoms with Gasteiger partial charge in [0, 0.05) is 6.92 Å². The normalized spacial score (nSPS) is 10.2. The molecule has 0 bridgehead atoms. The molecule has 0 fully saturated rings. The summed E-state index contributed by atoms with van der Waals surface area (Å²) in [5.74, 6) is -0.0652. The Balaban J connectivity index is 2.38. The van der Waals surface area contributed by atoms with Crippen LogP contribution < -0.4 is 16.2 Å². The van der Waals surface area contributed by atoms with Crippen LogP contribution in [-0.4, -0.2) is 11.1 Å². The first-order chi connectivity index (χ1) is 8.97. The highest BCUT2D eigenvalue weighted by Crippen LogP contribution is 2.31. The molecule has 2 aromatic carbocycles. The number of hydrogen-bond acceptors (Lipinski definition) is 5. The van der Waals surface area contributed by atoms with E-state index in [0.29, 0.717) is 17.1 Å². The quantitative estimate of drug-likeness (QED) is 0.332. The van der Waals surface area contributed by atoms with Crippen molar-refractivity contribution in [2.45, 2.75) is 6.92 Å². The highest BCUT2D eigenvalue weighted by Gasteiger charge is 2.07. The average molecular weight is 258 g/mol. The number of carbonyl (C=O) groups is 1. The molecule has 0 radical (unpaired) electrons. The fraction of sp³-hybridized carbons (Fsp3) is 0.0714. The molecule has 0 saturated heterocycles. The van der Waals surface area contributed by atoms with Crippen LogP contribution in [0.4, 0.5) is 11.4 Å². The fourth-order valence-corrected chi connectivity index (χ4v) is 1.71. The van der Waals surface area contributed by atoms with Crippen LogP contribution in [-0.2, 0) is 4.79 Å². The Kier molecular flexibility index (Phi) is 3.29. The van der Waals surface area contributed by atoms with Gasteiger partial charge in [-0.2, -0.15) is 0 Å². The van der Waals surface area contributed by atoms with Crippen LogP contribution in [0.1, 0.15) is 6.92 Å². The summed E-state index contributed by atoms with van der Waals surface area (Å²) < 4.78 is 4.95. The molecule has 0 aliphatic carbocycles. The minimum absolute atomic E-state index is 0.0354. The molecule has 2 aromatic rings. The van der Waals surface area contributed by atoms with Gasteiger partial charge < -0.3 is 21.3 Å². The topological polar surface area (TPSA) is 98.6 Å². The minimum Gasteiger partial charge on any atom is -0.506 e. The van der Waals surface area contributed by atoms with Crippen molar-refractivity contribution in [2.75, 3.05) is 11.5 Å². The van der Waals surface area contributed by atoms with E-state index in [4.69, 9.17) is 16.2 Å². The number of phenolic OH excluding ortho intramolecular Hbond substituents is 1. The van der Waals surface area contributed by atoms with E-state index in [0.717, 1.165) is 11.1 Å². The average Bonchev–Trinajstić information content (AvgIpc) is 2.35. The van der Waals surface area contributed by atoms with Gasteiger partial charge in [0.15, 0.2) is 5.75 Å². The number of benzene rings is 2. The lowest BCUT2D eigenvalue weighted by atomic mass is 10.0. The number of nitrogens with two attached hydrogens (primary N) is 2. The van der Waals surface area contributed by atoms with E-state index < -0.39 is 5.97 Å². The molecule has 0 aliphatic heterocycles. The van der Waals surface area contributed by atoms with Crippen LogP contribution in [0.2, 0.25) is 0 Å². The smallest absolute Gasteiger partial charge is 0.308 e. The van der Waals surface area contributed by atoms with E-state index in [1.807, 2.05) is 0 Å². The zero-order chi connectivity index (χ0) is 14.0. The lowest BCUT2D eigenvalue weighted by molar-refractivity contribution is -0.131. The summed E-state index contributed by atoms with van der Waals surface area (Å²) in [6.07, 6.45) is 0. The molecule has 98 valence electrons. The molecular formula is C14H14N2O3. The first-order valence-corrected chi connectivity index (χ1v) is 5.64. The van der Waals surface area contributed by atoms with E-state index in [1.165, 1.54) is 13.0 Å². The van der Waals surface area contributed by atoms with Crippen LogP contribution in [0.5, 0.6) is 11.5 Å². The summed E-state index contributed by atoms with van der Waals surface area (Å²) in [7, 11) is 0. The molecule has 0 aliphatic rings. The standard InChI is InChI=1S/C14H14N2O3/c1-8(17)19-14-5-3-10(7-12(14)16)9-2-4-13(18)11(15)6-9/h2-7,18H,15-16H2,1H3. The van der Waals surface area contributed by atoms with E-state index in [-0.39, 0.29) is 5.75 Å². The first kappa shape index (κ1) is 12.8. The number of carbonyl (C=O) groups excluding carboxylic acids is 1. The lowest BCUT2D eigenvalue weighted by Crippen LogP contribution is -2.03. The third kappa shape index (κ3) is 2.77. The number of aromatic hydroxyl groups is 1. The number of anilines is 2. The number of esters is 1. The number of ether oxygens (including phenoxy) is 1. The summed E-state index contributed by atoms with van der Waals surface area (Å²) in [6, 6.07) is 9.96. The number of hydrogen-bond donors (Lipinski definition) is 3. The number of rotatable bonds is 2. The molecule has 5 nitrogen and oxygen atoms in total. The molecule has 5 N–H and O–H groups in total. The van der Waals surface area contributed by atoms with Gasteiger partial charge in [0.2, 0.25) is 0 Å². The molecular weight excluding hydrogens is 244 g/mol. The largest absolute Gasteiger partial charge is 0.506 e. The maximum atomic E-state index is 10.9. The third-order valence-electron chi connectivity index (χ3n) is 2.62. The second kappa shape index (κ2) is 4.89. The summed E-state index contributed by atoms with van der Waals surface area (Å²) in [5.41, 5.74) is 13.7. The Morgan fingerprint density at radius 3 is 2.16 bits per heavy atom. The second-order valence-corrected chi connectivity index (χ2v) is 4.12. The molecule has 0 heterocycles. The van der Waals surface area contributed by atoms with Crippen LogP contribution in [0.25, 0.3) is 11.1 Å². The van der Waals surface area contributed by atoms with E-state index in [1.54, 1.807) is 30.3 Å². The van der Waals surface area contributed by atoms with Gasteiger partial charge in [0.25, 0.3) is 0 Å². The van der Waals surface area contributed by atoms with Crippen molar-refractivity contribution in [1.82, 2.24) is 0 Å². The van der Waals surface area contributed by atoms with E-state index in [9.17, 15) is 9.90 Å². The van der Waals surface area contributed by atoms with Gasteiger partial charge in [-0.05, 0) is 35.4 Å². The molecule has 0 atom stereocenters. The Hall–Kier alpha value is -2.69. The first-order valence-electron chi connectivity index (χ1n) is 5.64. The zero-order valence-corrected chi connectivity index (χ0v) is 10.4. The molecule has 0 spiro atoms. The molecule has 0 aromatic heterocycles. The molecule has 0 unspecified atom stereocenters. The van der Waals surface area contributed by atoms with Gasteiger partial charge in [-0.15, -0.1) is 0 Å². The van der Waals surface area contributed by atoms with Crippen LogP contribution in [0, 0.1) is 0 Å². The van der Waals surface area contributed by atoms with Crippen LogP contribution in [0.3, 0.4) is 0 Å². The molecule has 0 saturated carbocycles. The molecule has 0 amide bonds. The molecule has 2 rings (SSSR count). The van der Waals surface area contributed by atoms with Crippen LogP contribution >= 0.6 is 0 Å². The highest BCUT2D eigenvalue weighted by atomic mass is 16.5. The van der Waals surface area contributed by atoms with Crippen molar-refractivity contribution in [1.29, 1.82) is 0 Å². The van der Waals surface area contributed by atoms with Crippen molar-refractivity contribution < 1.29 is 14.6 Å². The predicted molar refractivity (Wildman–Crippen MR) is 73.7 cm³/mol. The SMILES string of the molecule is CC(=O)Oc1ccc(-c2ccc(O)c(N)c2)cc1N. The zero-order valence-electron chi connectivity index (χ0n) is 10.4. The molecule has 19 heavy (non-hydrogen) atoms. The predicted octanol–water partition coefficient (Wildman–Crippen LogP) is 2.15. The number of nitrogen functional groups attached to an aromatic ring is 2. The van der Waals surface area contributed by atoms with Crippen molar-refractivity contribution in [3.63, 3.8) is 0 Å². The lowest BCUT2D eigenvalue weighted by Gasteiger charge is -2.09. The minimum atomic E-state index is -0.423. The summed E-state index contributed by atoms with van der Waals surface area (Å²) in [5, 5.41) is 9.38. The van der Waals surface area contributed by atoms with Gasteiger partial charge in [-0.3, -0.25) is 4.79 Å². The van der Waals surface area contributed by atoms with Crippen LogP contribution in [0.15, 0.2) is 36.4 Å². The molecule has 5 heteroatoms. The Morgan fingerprint density at radius 2 is 1.63 bits per heavy atom. The fourth-order valence-electron chi connectivity index (χ4n) is 1.71. The summed E-state index contributed by atoms with van der Waals surface area (Å²) >= 11 is 0. The van der Waals surface area contributed by atoms with Crippen molar-refractivity contribution in [3.05, 3.63) is 36.4 Å². The van der Waals surface area contributed by atoms with Crippen molar-refractivity contribution in [3.8, 4) is 22.6 Å². The van der Waals surface area contributed by atoms with Gasteiger partial charge in [0.05, 0.1) is 11.4 Å². The Morgan fingerprint density at radius 1 is 1.05 bits per heavy atom. The van der Waals surface area contributed by atoms with Gasteiger partial charge in [-0.1, -0.05) is 12.1 Å². The van der Waals surface area contributed by atoms with E-state index >= 15 is 0 Å². The third-order valence-corrected chi connectivity index (χ3v) is 2.62. The maximum absolute atomic E-state index is 10.9. The monoisotopic (exact) mass is 258 g/mol. The number of phenols is 1. The second-order valence-electron chi connectivity index (χ2n) is 4.12. The Labute approximate surface area is 110 Å². The van der Waals surface area contributed by atoms with Gasteiger partial charge in [0.1, 0.15) is 5.75 Å². The van der Waals surface area contributed by atoms with Gasteiger partial charge >= 0.3 is 5.97 Å². The Bertz CT molecular complexity index is 639. The van der Waals surface area contributed by atoms with Gasteiger partial charge in [-0.25, -0.2) is 0 Å².